The van der Waals surface area contributed by atoms with Crippen molar-refractivity contribution in [3.63, 3.8) is 0 Å². The van der Waals surface area contributed by atoms with Crippen LogP contribution in [0, 0.1) is 0 Å². The smallest absolute Gasteiger partial charge is 0.351 e. The molecule has 98 valence electrons. The molecule has 1 aromatic rings. The lowest BCUT2D eigenvalue weighted by atomic mass is 10.3. The van der Waals surface area contributed by atoms with Gasteiger partial charge in [0.1, 0.15) is 6.67 Å². The van der Waals surface area contributed by atoms with Gasteiger partial charge in [-0.05, 0) is 6.07 Å². The molecule has 0 spiro atoms. The van der Waals surface area contributed by atoms with E-state index in [1.54, 1.807) is 6.20 Å². The first-order chi connectivity index (χ1) is 8.27. The van der Waals surface area contributed by atoms with Gasteiger partial charge < -0.3 is 20.4 Å². The number of rotatable bonds is 0. The van der Waals surface area contributed by atoms with Crippen LogP contribution >= 0.6 is 7.82 Å². The van der Waals surface area contributed by atoms with E-state index >= 15 is 0 Å². The SMILES string of the molecule is NC(=O)N1C=c2ccccc2=NC1.O=P(O)(O)O. The molecule has 0 saturated carbocycles. The fraction of sp³-hybridized carbons (Fsp3) is 0.111. The van der Waals surface area contributed by atoms with Crippen molar-refractivity contribution in [2.75, 3.05) is 6.67 Å². The van der Waals surface area contributed by atoms with Crippen LogP contribution in [0.25, 0.3) is 6.20 Å². The van der Waals surface area contributed by atoms with Crippen LogP contribution in [0.4, 0.5) is 4.79 Å². The highest BCUT2D eigenvalue weighted by Crippen LogP contribution is 2.25. The van der Waals surface area contributed by atoms with E-state index < -0.39 is 13.9 Å². The second-order valence-electron chi connectivity index (χ2n) is 3.31. The van der Waals surface area contributed by atoms with Crippen molar-refractivity contribution in [2.45, 2.75) is 0 Å². The number of amides is 2. The van der Waals surface area contributed by atoms with Crippen LogP contribution in [0.3, 0.4) is 0 Å². The summed E-state index contributed by atoms with van der Waals surface area (Å²) in [4.78, 5) is 38.0. The average molecular weight is 273 g/mol. The van der Waals surface area contributed by atoms with Crippen molar-refractivity contribution in [1.82, 2.24) is 4.90 Å². The molecule has 5 N–H and O–H groups in total. The largest absolute Gasteiger partial charge is 0.466 e. The lowest BCUT2D eigenvalue weighted by molar-refractivity contribution is 0.229. The molecule has 9 heteroatoms. The van der Waals surface area contributed by atoms with Crippen LogP contribution in [0.1, 0.15) is 0 Å². The summed E-state index contributed by atoms with van der Waals surface area (Å²) in [5.41, 5.74) is 5.12. The van der Waals surface area contributed by atoms with Crippen molar-refractivity contribution < 1.29 is 24.0 Å². The predicted octanol–water partition coefficient (Wildman–Crippen LogP) is -1.53. The number of hydrogen-bond donors (Lipinski definition) is 4. The minimum atomic E-state index is -4.64. The van der Waals surface area contributed by atoms with Crippen LogP contribution < -0.4 is 16.3 Å². The number of hydrogen-bond acceptors (Lipinski definition) is 3. The number of primary amides is 1. The van der Waals surface area contributed by atoms with E-state index in [0.717, 1.165) is 10.6 Å². The van der Waals surface area contributed by atoms with Gasteiger partial charge >= 0.3 is 13.9 Å². The summed E-state index contributed by atoms with van der Waals surface area (Å²) < 4.78 is 8.88. The molecule has 0 atom stereocenters. The Hall–Kier alpha value is -1.73. The van der Waals surface area contributed by atoms with Gasteiger partial charge in [-0.25, -0.2) is 9.36 Å². The lowest BCUT2D eigenvalue weighted by Crippen LogP contribution is -2.40. The highest BCUT2D eigenvalue weighted by atomic mass is 31.2. The van der Waals surface area contributed by atoms with Gasteiger partial charge in [0.05, 0.1) is 5.36 Å². The van der Waals surface area contributed by atoms with E-state index in [1.165, 1.54) is 4.90 Å². The van der Waals surface area contributed by atoms with Gasteiger partial charge in [0.15, 0.2) is 0 Å². The van der Waals surface area contributed by atoms with Crippen molar-refractivity contribution >= 4 is 20.1 Å². The molecule has 0 saturated heterocycles. The highest BCUT2D eigenvalue weighted by Gasteiger charge is 2.07. The molecule has 0 aromatic heterocycles. The summed E-state index contributed by atoms with van der Waals surface area (Å²) in [6.07, 6.45) is 1.71. The topological polar surface area (TPSA) is 136 Å². The van der Waals surface area contributed by atoms with E-state index in [0.29, 0.717) is 6.67 Å². The standard InChI is InChI=1S/C9H9N3O.H3O4P/c10-9(13)12-5-7-3-1-2-4-8(7)11-6-12;1-5(2,3)4/h1-5H,6H2,(H2,10,13);(H3,1,2,3,4). The van der Waals surface area contributed by atoms with Crippen molar-refractivity contribution in [3.8, 4) is 0 Å². The number of nitrogens with two attached hydrogens (primary N) is 1. The average Bonchev–Trinajstić information content (AvgIpc) is 2.26. The Labute approximate surface area is 102 Å². The molecule has 2 amide bonds. The molecule has 1 aliphatic heterocycles. The van der Waals surface area contributed by atoms with Gasteiger partial charge in [-0.1, -0.05) is 18.2 Å². The summed E-state index contributed by atoms with van der Waals surface area (Å²) in [7, 11) is -4.64. The van der Waals surface area contributed by atoms with Gasteiger partial charge in [-0.3, -0.25) is 9.89 Å². The second kappa shape index (κ2) is 5.74. The first-order valence-corrected chi connectivity index (χ1v) is 6.29. The van der Waals surface area contributed by atoms with Crippen LogP contribution in [-0.2, 0) is 4.57 Å². The maximum absolute atomic E-state index is 10.8. The molecule has 1 aliphatic rings. The number of para-hydroxylation sites is 1. The third kappa shape index (κ3) is 5.07. The molecule has 0 radical (unpaired) electrons. The van der Waals surface area contributed by atoms with Gasteiger partial charge in [0.2, 0.25) is 0 Å². The maximum atomic E-state index is 10.8. The molecule has 0 aliphatic carbocycles. The first-order valence-electron chi connectivity index (χ1n) is 4.73. The molecule has 0 unspecified atom stereocenters. The number of carbonyl (C=O) groups is 1. The zero-order valence-electron chi connectivity index (χ0n) is 9.17. The summed E-state index contributed by atoms with van der Waals surface area (Å²) in [6.45, 7) is 0.312. The van der Waals surface area contributed by atoms with Crippen LogP contribution in [0.2, 0.25) is 0 Å². The first kappa shape index (κ1) is 14.3. The molecule has 2 rings (SSSR count). The minimum Gasteiger partial charge on any atom is -0.351 e. The minimum absolute atomic E-state index is 0.312. The zero-order valence-corrected chi connectivity index (χ0v) is 10.1. The Kier molecular flexibility index (Phi) is 4.57. The van der Waals surface area contributed by atoms with E-state index in [2.05, 4.69) is 4.99 Å². The molecular weight excluding hydrogens is 261 g/mol. The van der Waals surface area contributed by atoms with E-state index in [-0.39, 0.29) is 0 Å². The zero-order chi connectivity index (χ0) is 13.8. The quantitative estimate of drug-likeness (QED) is 0.425. The maximum Gasteiger partial charge on any atom is 0.466 e. The fourth-order valence-electron chi connectivity index (χ4n) is 1.24. The molecule has 18 heavy (non-hydrogen) atoms. The van der Waals surface area contributed by atoms with E-state index in [1.807, 2.05) is 24.3 Å². The van der Waals surface area contributed by atoms with Crippen molar-refractivity contribution in [3.05, 3.63) is 34.8 Å². The van der Waals surface area contributed by atoms with Crippen LogP contribution in [-0.4, -0.2) is 32.3 Å². The summed E-state index contributed by atoms with van der Waals surface area (Å²) in [5.74, 6) is 0. The number of fused-ring (bicyclic) bond motifs is 1. The Morgan fingerprint density at radius 1 is 1.33 bits per heavy atom. The molecule has 0 bridgehead atoms. The van der Waals surface area contributed by atoms with Crippen molar-refractivity contribution in [1.29, 1.82) is 0 Å². The summed E-state index contributed by atoms with van der Waals surface area (Å²) in [6, 6.07) is 7.14. The predicted molar refractivity (Wildman–Crippen MR) is 62.2 cm³/mol. The lowest BCUT2D eigenvalue weighted by Gasteiger charge is -2.15. The number of carbonyl (C=O) groups excluding carboxylic acids is 1. The normalized spacial score (nSPS) is 13.4. The number of phosphoric acid groups is 1. The van der Waals surface area contributed by atoms with Gasteiger partial charge in [-0.2, -0.15) is 0 Å². The Morgan fingerprint density at radius 2 is 1.89 bits per heavy atom. The van der Waals surface area contributed by atoms with E-state index in [4.69, 9.17) is 25.0 Å². The third-order valence-electron chi connectivity index (χ3n) is 1.91. The van der Waals surface area contributed by atoms with Crippen LogP contribution in [0.15, 0.2) is 29.3 Å². The fourth-order valence-corrected chi connectivity index (χ4v) is 1.24. The van der Waals surface area contributed by atoms with Gasteiger partial charge in [0.25, 0.3) is 0 Å². The summed E-state index contributed by atoms with van der Waals surface area (Å²) >= 11 is 0. The number of urea groups is 1. The molecule has 1 heterocycles. The van der Waals surface area contributed by atoms with Crippen LogP contribution in [0.5, 0.6) is 0 Å². The molecule has 1 aromatic carbocycles. The van der Waals surface area contributed by atoms with Gasteiger partial charge in [-0.15, -0.1) is 0 Å². The highest BCUT2D eigenvalue weighted by molar-refractivity contribution is 7.45. The van der Waals surface area contributed by atoms with Gasteiger partial charge in [0, 0.05) is 11.4 Å². The van der Waals surface area contributed by atoms with Crippen molar-refractivity contribution in [2.24, 2.45) is 10.7 Å². The Balaban J connectivity index is 0.000000280. The Morgan fingerprint density at radius 3 is 2.44 bits per heavy atom. The molecular formula is C9H12N3O5P. The number of benzene rings is 1. The second-order valence-corrected chi connectivity index (χ2v) is 4.34. The molecule has 8 nitrogen and oxygen atoms in total. The number of nitrogens with zero attached hydrogens (tertiary/aromatic N) is 2. The monoisotopic (exact) mass is 273 g/mol. The van der Waals surface area contributed by atoms with E-state index in [9.17, 15) is 4.79 Å². The third-order valence-corrected chi connectivity index (χ3v) is 1.91. The Bertz CT molecular complexity index is 588. The summed E-state index contributed by atoms with van der Waals surface area (Å²) in [5, 5.41) is 1.83. The molecule has 0 fully saturated rings.